The van der Waals surface area contributed by atoms with E-state index in [0.717, 1.165) is 26.8 Å². The first-order chi connectivity index (χ1) is 19.1. The standard InChI is InChI=1S/C26H26F3N7O3S/c1-15-11-21(26(27,28)29)31-35(15)13-22(37)34-9-7-16(8-10-34)24-30-18(14-40-24)17-12-23(39-32-17)36-20-6-4-3-5-19(20)33(2)25(36)38/h3-6,11,14,16,23H,7-10,12-13H2,1-2H3/t23-/m1/s1. The Kier molecular flexibility index (Phi) is 6.51. The second-order valence-electron chi connectivity index (χ2n) is 10.1. The lowest BCUT2D eigenvalue weighted by Gasteiger charge is -2.31. The molecule has 0 unspecified atom stereocenters. The van der Waals surface area contributed by atoms with Crippen LogP contribution in [-0.4, -0.2) is 53.5 Å². The van der Waals surface area contributed by atoms with Crippen LogP contribution in [0.1, 0.15) is 53.5 Å². The maximum atomic E-state index is 12.9. The predicted octanol–water partition coefficient (Wildman–Crippen LogP) is 4.05. The highest BCUT2D eigenvalue weighted by atomic mass is 32.1. The molecule has 0 aliphatic carbocycles. The average molecular weight is 574 g/mol. The number of aryl methyl sites for hydroxylation is 2. The number of halogens is 3. The number of carbonyl (C=O) groups is 1. The van der Waals surface area contributed by atoms with Gasteiger partial charge in [0.1, 0.15) is 12.3 Å². The topological polar surface area (TPSA) is 99.5 Å². The summed E-state index contributed by atoms with van der Waals surface area (Å²) in [4.78, 5) is 37.8. The van der Waals surface area contributed by atoms with Gasteiger partial charge in [0, 0.05) is 37.1 Å². The second kappa shape index (κ2) is 9.91. The van der Waals surface area contributed by atoms with Gasteiger partial charge >= 0.3 is 11.9 Å². The largest absolute Gasteiger partial charge is 0.435 e. The normalized spacial score (nSPS) is 18.4. The van der Waals surface area contributed by atoms with Gasteiger partial charge in [0.25, 0.3) is 0 Å². The number of para-hydroxylation sites is 2. The number of hydrogen-bond acceptors (Lipinski definition) is 7. The van der Waals surface area contributed by atoms with E-state index in [9.17, 15) is 22.8 Å². The molecule has 1 fully saturated rings. The monoisotopic (exact) mass is 573 g/mol. The molecular formula is C26H26F3N7O3S. The van der Waals surface area contributed by atoms with Crippen LogP contribution in [0.25, 0.3) is 11.0 Å². The van der Waals surface area contributed by atoms with Crippen LogP contribution in [0.3, 0.4) is 0 Å². The molecule has 14 heteroatoms. The third kappa shape index (κ3) is 4.69. The first-order valence-corrected chi connectivity index (χ1v) is 13.7. The number of nitrogens with zero attached hydrogens (tertiary/aromatic N) is 7. The molecule has 4 aromatic rings. The Labute approximate surface area is 230 Å². The molecule has 0 bridgehead atoms. The van der Waals surface area contributed by atoms with Gasteiger partial charge in [-0.15, -0.1) is 11.3 Å². The van der Waals surface area contributed by atoms with Crippen LogP contribution in [0.4, 0.5) is 13.2 Å². The highest BCUT2D eigenvalue weighted by molar-refractivity contribution is 7.10. The summed E-state index contributed by atoms with van der Waals surface area (Å²) < 4.78 is 43.1. The highest BCUT2D eigenvalue weighted by Gasteiger charge is 2.35. The molecule has 2 aliphatic heterocycles. The second-order valence-corrected chi connectivity index (χ2v) is 10.9. The number of carbonyl (C=O) groups excluding carboxylic acids is 1. The van der Waals surface area contributed by atoms with Crippen LogP contribution in [0.2, 0.25) is 0 Å². The zero-order chi connectivity index (χ0) is 28.2. The minimum atomic E-state index is -4.55. The number of alkyl halides is 3. The van der Waals surface area contributed by atoms with Gasteiger partial charge < -0.3 is 9.74 Å². The van der Waals surface area contributed by atoms with Gasteiger partial charge in [0.2, 0.25) is 12.1 Å². The van der Waals surface area contributed by atoms with Crippen LogP contribution in [0.5, 0.6) is 0 Å². The molecule has 2 aliphatic rings. The summed E-state index contributed by atoms with van der Waals surface area (Å²) in [6, 6.07) is 8.47. The molecule has 6 rings (SSSR count). The Morgan fingerprint density at radius 3 is 2.60 bits per heavy atom. The molecule has 210 valence electrons. The first-order valence-electron chi connectivity index (χ1n) is 12.8. The number of rotatable bonds is 5. The zero-order valence-electron chi connectivity index (χ0n) is 21.8. The first kappa shape index (κ1) is 26.3. The number of benzene rings is 1. The van der Waals surface area contributed by atoms with E-state index in [1.807, 2.05) is 29.6 Å². The highest BCUT2D eigenvalue weighted by Crippen LogP contribution is 2.33. The van der Waals surface area contributed by atoms with E-state index in [1.54, 1.807) is 21.1 Å². The molecule has 40 heavy (non-hydrogen) atoms. The van der Waals surface area contributed by atoms with Crippen LogP contribution in [-0.2, 0) is 29.4 Å². The number of imidazole rings is 1. The number of likely N-dealkylation sites (tertiary alicyclic amines) is 1. The third-order valence-corrected chi connectivity index (χ3v) is 8.51. The van der Waals surface area contributed by atoms with Crippen molar-refractivity contribution in [1.29, 1.82) is 0 Å². The fourth-order valence-corrected chi connectivity index (χ4v) is 6.27. The zero-order valence-corrected chi connectivity index (χ0v) is 22.6. The maximum absolute atomic E-state index is 12.9. The van der Waals surface area contributed by atoms with E-state index in [1.165, 1.54) is 18.3 Å². The van der Waals surface area contributed by atoms with Gasteiger partial charge in [0.15, 0.2) is 5.69 Å². The molecule has 1 atom stereocenters. The third-order valence-electron chi connectivity index (χ3n) is 7.51. The molecule has 3 aromatic heterocycles. The van der Waals surface area contributed by atoms with Crippen molar-refractivity contribution in [1.82, 2.24) is 28.8 Å². The van der Waals surface area contributed by atoms with Gasteiger partial charge in [-0.2, -0.15) is 18.3 Å². The summed E-state index contributed by atoms with van der Waals surface area (Å²) in [5.41, 5.74) is 2.10. The van der Waals surface area contributed by atoms with E-state index in [-0.39, 0.29) is 29.8 Å². The Balaban J connectivity index is 1.07. The van der Waals surface area contributed by atoms with Gasteiger partial charge in [-0.25, -0.2) is 9.78 Å². The molecule has 0 N–H and O–H groups in total. The van der Waals surface area contributed by atoms with Crippen molar-refractivity contribution in [3.63, 3.8) is 0 Å². The van der Waals surface area contributed by atoms with Crippen molar-refractivity contribution in [3.05, 3.63) is 68.3 Å². The molecule has 10 nitrogen and oxygen atoms in total. The van der Waals surface area contributed by atoms with Gasteiger partial charge in [-0.3, -0.25) is 18.6 Å². The van der Waals surface area contributed by atoms with Crippen LogP contribution < -0.4 is 5.69 Å². The van der Waals surface area contributed by atoms with Crippen molar-refractivity contribution in [3.8, 4) is 0 Å². The van der Waals surface area contributed by atoms with E-state index in [0.29, 0.717) is 43.8 Å². The van der Waals surface area contributed by atoms with Crippen LogP contribution >= 0.6 is 11.3 Å². The molecule has 1 amide bonds. The number of fused-ring (bicyclic) bond motifs is 1. The quantitative estimate of drug-likeness (QED) is 0.359. The average Bonchev–Trinajstić information content (AvgIpc) is 3.72. The number of piperidine rings is 1. The Bertz CT molecular complexity index is 1670. The van der Waals surface area contributed by atoms with E-state index in [4.69, 9.17) is 9.82 Å². The van der Waals surface area contributed by atoms with Crippen molar-refractivity contribution < 1.29 is 22.8 Å². The van der Waals surface area contributed by atoms with E-state index in [2.05, 4.69) is 10.3 Å². The number of aromatic nitrogens is 5. The minimum absolute atomic E-state index is 0.158. The predicted molar refractivity (Wildman–Crippen MR) is 141 cm³/mol. The summed E-state index contributed by atoms with van der Waals surface area (Å²) in [5.74, 6) is -0.101. The summed E-state index contributed by atoms with van der Waals surface area (Å²) >= 11 is 1.52. The maximum Gasteiger partial charge on any atom is 0.435 e. The molecule has 1 saturated heterocycles. The summed E-state index contributed by atoms with van der Waals surface area (Å²) in [7, 11) is 1.73. The summed E-state index contributed by atoms with van der Waals surface area (Å²) in [6.45, 7) is 2.25. The van der Waals surface area contributed by atoms with Gasteiger partial charge in [-0.05, 0) is 38.0 Å². The fourth-order valence-electron chi connectivity index (χ4n) is 5.27. The van der Waals surface area contributed by atoms with Crippen LogP contribution in [0, 0.1) is 6.92 Å². The molecule has 0 saturated carbocycles. The number of oxime groups is 1. The lowest BCUT2D eigenvalue weighted by molar-refractivity contribution is -0.142. The Morgan fingerprint density at radius 2 is 1.90 bits per heavy atom. The molecular weight excluding hydrogens is 547 g/mol. The van der Waals surface area contributed by atoms with Crippen molar-refractivity contribution in [2.75, 3.05) is 13.1 Å². The van der Waals surface area contributed by atoms with Crippen LogP contribution in [0.15, 0.2) is 45.7 Å². The van der Waals surface area contributed by atoms with Crippen molar-refractivity contribution in [2.45, 2.75) is 51.1 Å². The fraction of sp³-hybridized carbons (Fsp3) is 0.423. The number of amides is 1. The van der Waals surface area contributed by atoms with Crippen molar-refractivity contribution >= 4 is 34.0 Å². The minimum Gasteiger partial charge on any atom is -0.369 e. The smallest absolute Gasteiger partial charge is 0.369 e. The Morgan fingerprint density at radius 1 is 1.18 bits per heavy atom. The van der Waals surface area contributed by atoms with Gasteiger partial charge in [-0.1, -0.05) is 17.3 Å². The molecule has 0 radical (unpaired) electrons. The Hall–Kier alpha value is -3.94. The molecule has 5 heterocycles. The SMILES string of the molecule is Cc1cc(C(F)(F)F)nn1CC(=O)N1CCC(c2nc(C3=NO[C@@H](n4c(=O)n(C)c5ccccc54)C3)cs2)CC1. The number of hydrogen-bond donors (Lipinski definition) is 0. The lowest BCUT2D eigenvalue weighted by atomic mass is 9.97. The molecule has 0 spiro atoms. The van der Waals surface area contributed by atoms with E-state index >= 15 is 0 Å². The summed E-state index contributed by atoms with van der Waals surface area (Å²) in [6.07, 6.45) is -3.30. The van der Waals surface area contributed by atoms with Crippen molar-refractivity contribution in [2.24, 2.45) is 12.2 Å². The number of thiazole rings is 1. The van der Waals surface area contributed by atoms with E-state index < -0.39 is 18.1 Å². The van der Waals surface area contributed by atoms with Gasteiger partial charge in [0.05, 0.1) is 28.2 Å². The lowest BCUT2D eigenvalue weighted by Crippen LogP contribution is -2.40. The summed E-state index contributed by atoms with van der Waals surface area (Å²) in [5, 5.41) is 10.7. The molecule has 1 aromatic carbocycles.